The van der Waals surface area contributed by atoms with Crippen LogP contribution in [0.3, 0.4) is 0 Å². The SMILES string of the molecule is CCC1(CC)CCN(CCNCCN(C)C)CC1. The van der Waals surface area contributed by atoms with Crippen LogP contribution >= 0.6 is 0 Å². The average Bonchev–Trinajstić information content (AvgIpc) is 2.39. The Morgan fingerprint density at radius 2 is 1.67 bits per heavy atom. The molecule has 1 rings (SSSR count). The molecule has 0 spiro atoms. The number of rotatable bonds is 8. The van der Waals surface area contributed by atoms with E-state index >= 15 is 0 Å². The number of nitrogens with one attached hydrogen (secondary N) is 1. The second-order valence-corrected chi connectivity index (χ2v) is 6.10. The topological polar surface area (TPSA) is 18.5 Å². The van der Waals surface area contributed by atoms with Crippen LogP contribution in [0.2, 0.25) is 0 Å². The van der Waals surface area contributed by atoms with Crippen molar-refractivity contribution in [3.63, 3.8) is 0 Å². The summed E-state index contributed by atoms with van der Waals surface area (Å²) < 4.78 is 0. The van der Waals surface area contributed by atoms with Crippen LogP contribution in [0, 0.1) is 5.41 Å². The van der Waals surface area contributed by atoms with Crippen LogP contribution in [-0.4, -0.2) is 63.2 Å². The van der Waals surface area contributed by atoms with Crippen LogP contribution in [0.4, 0.5) is 0 Å². The van der Waals surface area contributed by atoms with E-state index in [4.69, 9.17) is 0 Å². The second-order valence-electron chi connectivity index (χ2n) is 6.10. The van der Waals surface area contributed by atoms with Gasteiger partial charge in [0, 0.05) is 26.2 Å². The molecule has 0 aliphatic carbocycles. The van der Waals surface area contributed by atoms with Gasteiger partial charge in [0.15, 0.2) is 0 Å². The zero-order valence-electron chi connectivity index (χ0n) is 13.0. The molecule has 0 unspecified atom stereocenters. The molecule has 1 N–H and O–H groups in total. The molecule has 1 saturated heterocycles. The van der Waals surface area contributed by atoms with E-state index in [0.29, 0.717) is 5.41 Å². The van der Waals surface area contributed by atoms with Crippen molar-refractivity contribution in [2.45, 2.75) is 39.5 Å². The fraction of sp³-hybridized carbons (Fsp3) is 1.00. The minimum atomic E-state index is 0.662. The highest BCUT2D eigenvalue weighted by atomic mass is 15.1. The van der Waals surface area contributed by atoms with Crippen molar-refractivity contribution in [3.8, 4) is 0 Å². The molecular formula is C15H33N3. The van der Waals surface area contributed by atoms with E-state index in [0.717, 1.165) is 19.6 Å². The molecule has 0 aromatic heterocycles. The first-order chi connectivity index (χ1) is 8.62. The summed E-state index contributed by atoms with van der Waals surface area (Å²) in [6, 6.07) is 0. The predicted octanol–water partition coefficient (Wildman–Crippen LogP) is 2.04. The molecule has 0 aromatic carbocycles. The number of likely N-dealkylation sites (tertiary alicyclic amines) is 1. The molecule has 3 heteroatoms. The number of likely N-dealkylation sites (N-methyl/N-ethyl adjacent to an activating group) is 1. The average molecular weight is 255 g/mol. The van der Waals surface area contributed by atoms with Gasteiger partial charge in [0.05, 0.1) is 0 Å². The second kappa shape index (κ2) is 8.13. The highest BCUT2D eigenvalue weighted by molar-refractivity contribution is 4.84. The van der Waals surface area contributed by atoms with Gasteiger partial charge in [-0.15, -0.1) is 0 Å². The summed E-state index contributed by atoms with van der Waals surface area (Å²) in [6.07, 6.45) is 5.52. The quantitative estimate of drug-likeness (QED) is 0.670. The molecule has 108 valence electrons. The van der Waals surface area contributed by atoms with Crippen LogP contribution in [-0.2, 0) is 0 Å². The summed E-state index contributed by atoms with van der Waals surface area (Å²) in [4.78, 5) is 4.86. The van der Waals surface area contributed by atoms with Crippen molar-refractivity contribution in [1.82, 2.24) is 15.1 Å². The maximum absolute atomic E-state index is 3.53. The molecule has 0 aromatic rings. The zero-order chi connectivity index (χ0) is 13.4. The lowest BCUT2D eigenvalue weighted by Gasteiger charge is -2.41. The zero-order valence-corrected chi connectivity index (χ0v) is 13.0. The van der Waals surface area contributed by atoms with Gasteiger partial charge in [-0.2, -0.15) is 0 Å². The summed E-state index contributed by atoms with van der Waals surface area (Å²) in [7, 11) is 4.25. The lowest BCUT2D eigenvalue weighted by Crippen LogP contribution is -2.42. The molecule has 0 amide bonds. The van der Waals surface area contributed by atoms with Crippen molar-refractivity contribution in [3.05, 3.63) is 0 Å². The smallest absolute Gasteiger partial charge is 0.0107 e. The molecule has 0 radical (unpaired) electrons. The summed E-state index contributed by atoms with van der Waals surface area (Å²) >= 11 is 0. The van der Waals surface area contributed by atoms with Crippen molar-refractivity contribution in [2.24, 2.45) is 5.41 Å². The maximum Gasteiger partial charge on any atom is 0.0107 e. The molecule has 1 fully saturated rings. The van der Waals surface area contributed by atoms with Gasteiger partial charge in [0.2, 0.25) is 0 Å². The van der Waals surface area contributed by atoms with Crippen molar-refractivity contribution in [1.29, 1.82) is 0 Å². The third-order valence-corrected chi connectivity index (χ3v) is 4.76. The van der Waals surface area contributed by atoms with E-state index in [1.165, 1.54) is 45.3 Å². The molecule has 0 saturated carbocycles. The monoisotopic (exact) mass is 255 g/mol. The fourth-order valence-electron chi connectivity index (χ4n) is 2.87. The van der Waals surface area contributed by atoms with E-state index < -0.39 is 0 Å². The Morgan fingerprint density at radius 1 is 1.06 bits per heavy atom. The van der Waals surface area contributed by atoms with Crippen LogP contribution < -0.4 is 5.32 Å². The van der Waals surface area contributed by atoms with Gasteiger partial charge in [-0.3, -0.25) is 0 Å². The lowest BCUT2D eigenvalue weighted by molar-refractivity contribution is 0.0960. The standard InChI is InChI=1S/C15H33N3/c1-5-15(6-2)7-11-18(12-8-15)14-10-16-9-13-17(3)4/h16H,5-14H2,1-4H3. The molecule has 0 atom stereocenters. The highest BCUT2D eigenvalue weighted by Crippen LogP contribution is 2.37. The third kappa shape index (κ3) is 5.25. The Bertz CT molecular complexity index is 202. The molecule has 1 aliphatic heterocycles. The maximum atomic E-state index is 3.53. The van der Waals surface area contributed by atoms with Gasteiger partial charge >= 0.3 is 0 Å². The van der Waals surface area contributed by atoms with Crippen molar-refractivity contribution >= 4 is 0 Å². The Kier molecular flexibility index (Phi) is 7.20. The molecule has 3 nitrogen and oxygen atoms in total. The van der Waals surface area contributed by atoms with Crippen LogP contribution in [0.25, 0.3) is 0 Å². The summed E-state index contributed by atoms with van der Waals surface area (Å²) in [5.74, 6) is 0. The summed E-state index contributed by atoms with van der Waals surface area (Å²) in [5.41, 5.74) is 0.662. The predicted molar refractivity (Wildman–Crippen MR) is 80.1 cm³/mol. The first-order valence-corrected chi connectivity index (χ1v) is 7.69. The first kappa shape index (κ1) is 15.9. The minimum absolute atomic E-state index is 0.662. The van der Waals surface area contributed by atoms with E-state index in [-0.39, 0.29) is 0 Å². The van der Waals surface area contributed by atoms with Crippen molar-refractivity contribution in [2.75, 3.05) is 53.4 Å². The van der Waals surface area contributed by atoms with Gasteiger partial charge in [-0.1, -0.05) is 26.7 Å². The van der Waals surface area contributed by atoms with Gasteiger partial charge in [0.1, 0.15) is 0 Å². The molecule has 18 heavy (non-hydrogen) atoms. The van der Waals surface area contributed by atoms with Crippen LogP contribution in [0.15, 0.2) is 0 Å². The molecule has 1 heterocycles. The molecule has 1 aliphatic rings. The van der Waals surface area contributed by atoms with E-state index in [2.05, 4.69) is 43.1 Å². The van der Waals surface area contributed by atoms with E-state index in [1.54, 1.807) is 0 Å². The van der Waals surface area contributed by atoms with Crippen LogP contribution in [0.1, 0.15) is 39.5 Å². The van der Waals surface area contributed by atoms with Gasteiger partial charge in [-0.25, -0.2) is 0 Å². The Balaban J connectivity index is 2.09. The summed E-state index contributed by atoms with van der Waals surface area (Å²) in [5, 5.41) is 3.53. The first-order valence-electron chi connectivity index (χ1n) is 7.69. The Hall–Kier alpha value is -0.120. The number of nitrogens with zero attached hydrogens (tertiary/aromatic N) is 2. The normalized spacial score (nSPS) is 20.5. The fourth-order valence-corrected chi connectivity index (χ4v) is 2.87. The molecule has 0 bridgehead atoms. The summed E-state index contributed by atoms with van der Waals surface area (Å²) in [6.45, 7) is 11.9. The Morgan fingerprint density at radius 3 is 2.17 bits per heavy atom. The van der Waals surface area contributed by atoms with E-state index in [1.807, 2.05) is 0 Å². The molecular weight excluding hydrogens is 222 g/mol. The van der Waals surface area contributed by atoms with Crippen molar-refractivity contribution < 1.29 is 0 Å². The van der Waals surface area contributed by atoms with E-state index in [9.17, 15) is 0 Å². The van der Waals surface area contributed by atoms with Gasteiger partial charge in [-0.05, 0) is 45.4 Å². The number of piperidine rings is 1. The third-order valence-electron chi connectivity index (χ3n) is 4.76. The minimum Gasteiger partial charge on any atom is -0.314 e. The van der Waals surface area contributed by atoms with Crippen LogP contribution in [0.5, 0.6) is 0 Å². The lowest BCUT2D eigenvalue weighted by atomic mass is 9.74. The van der Waals surface area contributed by atoms with Gasteiger partial charge < -0.3 is 15.1 Å². The largest absolute Gasteiger partial charge is 0.314 e. The highest BCUT2D eigenvalue weighted by Gasteiger charge is 2.30. The number of hydrogen-bond acceptors (Lipinski definition) is 3. The number of hydrogen-bond donors (Lipinski definition) is 1. The Labute approximate surface area is 114 Å². The van der Waals surface area contributed by atoms with Gasteiger partial charge in [0.25, 0.3) is 0 Å².